The summed E-state index contributed by atoms with van der Waals surface area (Å²) in [6.45, 7) is 2.66. The van der Waals surface area contributed by atoms with Gasteiger partial charge in [0.2, 0.25) is 5.91 Å². The van der Waals surface area contributed by atoms with Crippen molar-refractivity contribution < 1.29 is 14.3 Å². The van der Waals surface area contributed by atoms with Gasteiger partial charge in [0.15, 0.2) is 0 Å². The van der Waals surface area contributed by atoms with E-state index in [0.29, 0.717) is 0 Å². The number of piperidine rings is 1. The van der Waals surface area contributed by atoms with Crippen LogP contribution in [0.5, 0.6) is 0 Å². The van der Waals surface area contributed by atoms with E-state index in [-0.39, 0.29) is 29.8 Å². The first-order chi connectivity index (χ1) is 14.5. The largest absolute Gasteiger partial charge is 0.469 e. The Kier molecular flexibility index (Phi) is 4.66. The summed E-state index contributed by atoms with van der Waals surface area (Å²) in [7, 11) is 3.26. The van der Waals surface area contributed by atoms with Gasteiger partial charge in [-0.25, -0.2) is 0 Å². The third-order valence-electron chi connectivity index (χ3n) is 7.54. The van der Waals surface area contributed by atoms with Crippen molar-refractivity contribution in [2.45, 2.75) is 37.8 Å². The summed E-state index contributed by atoms with van der Waals surface area (Å²) in [5.41, 5.74) is 6.49. The first-order valence-electron chi connectivity index (χ1n) is 10.8. The smallest absolute Gasteiger partial charge is 0.311 e. The van der Waals surface area contributed by atoms with Crippen LogP contribution in [0.15, 0.2) is 42.5 Å². The molecule has 2 aliphatic heterocycles. The van der Waals surface area contributed by atoms with Gasteiger partial charge in [-0.05, 0) is 47.1 Å². The molecule has 0 saturated carbocycles. The molecule has 1 amide bonds. The standard InChI is InChI=1S/C25H28N2O3/c1-26-23(28)15-22(24(29)30-2)25(26)9-11-27(12-10-25)16-17-7-8-21-19(13-17)14-18-5-3-4-6-20(18)21/h3-8,13,22H,9-12,14-16H2,1-2H3. The summed E-state index contributed by atoms with van der Waals surface area (Å²) in [6.07, 6.45) is 2.90. The maximum absolute atomic E-state index is 12.4. The second-order valence-electron chi connectivity index (χ2n) is 8.94. The van der Waals surface area contributed by atoms with Gasteiger partial charge in [-0.15, -0.1) is 0 Å². The minimum atomic E-state index is -0.389. The highest BCUT2D eigenvalue weighted by Gasteiger charge is 2.55. The van der Waals surface area contributed by atoms with E-state index < -0.39 is 0 Å². The molecule has 0 bridgehead atoms. The van der Waals surface area contributed by atoms with Crippen LogP contribution in [0.3, 0.4) is 0 Å². The fourth-order valence-electron chi connectivity index (χ4n) is 5.77. The molecule has 2 fully saturated rings. The molecule has 2 saturated heterocycles. The van der Waals surface area contributed by atoms with E-state index in [9.17, 15) is 9.59 Å². The Morgan fingerprint density at radius 1 is 1.10 bits per heavy atom. The molecule has 1 atom stereocenters. The molecule has 0 radical (unpaired) electrons. The van der Waals surface area contributed by atoms with Crippen molar-refractivity contribution in [3.05, 3.63) is 59.2 Å². The molecule has 0 aromatic heterocycles. The van der Waals surface area contributed by atoms with Crippen LogP contribution >= 0.6 is 0 Å². The number of rotatable bonds is 3. The molecule has 1 aliphatic carbocycles. The van der Waals surface area contributed by atoms with Gasteiger partial charge in [0.25, 0.3) is 0 Å². The molecule has 5 nitrogen and oxygen atoms in total. The fraction of sp³-hybridized carbons (Fsp3) is 0.440. The van der Waals surface area contributed by atoms with E-state index in [4.69, 9.17) is 4.74 Å². The maximum atomic E-state index is 12.4. The second kappa shape index (κ2) is 7.24. The average molecular weight is 405 g/mol. The highest BCUT2D eigenvalue weighted by molar-refractivity contribution is 5.88. The number of benzene rings is 2. The van der Waals surface area contributed by atoms with Crippen LogP contribution in [0.1, 0.15) is 36.0 Å². The minimum Gasteiger partial charge on any atom is -0.469 e. The minimum absolute atomic E-state index is 0.0528. The van der Waals surface area contributed by atoms with Crippen LogP contribution in [0.2, 0.25) is 0 Å². The lowest BCUT2D eigenvalue weighted by atomic mass is 9.77. The molecule has 1 unspecified atom stereocenters. The maximum Gasteiger partial charge on any atom is 0.311 e. The van der Waals surface area contributed by atoms with Gasteiger partial charge in [-0.3, -0.25) is 14.5 Å². The van der Waals surface area contributed by atoms with E-state index in [0.717, 1.165) is 38.9 Å². The third kappa shape index (κ3) is 2.95. The van der Waals surface area contributed by atoms with E-state index in [1.807, 2.05) is 11.9 Å². The number of amides is 1. The summed E-state index contributed by atoms with van der Waals surface area (Å²) >= 11 is 0. The Morgan fingerprint density at radius 2 is 1.83 bits per heavy atom. The fourth-order valence-corrected chi connectivity index (χ4v) is 5.77. The Labute approximate surface area is 177 Å². The summed E-state index contributed by atoms with van der Waals surface area (Å²) in [6, 6.07) is 15.5. The average Bonchev–Trinajstić information content (AvgIpc) is 3.25. The number of methoxy groups -OCH3 is 1. The Bertz CT molecular complexity index is 1010. The molecule has 3 aliphatic rings. The Morgan fingerprint density at radius 3 is 2.60 bits per heavy atom. The topological polar surface area (TPSA) is 49.9 Å². The summed E-state index contributed by atoms with van der Waals surface area (Å²) in [5, 5.41) is 0. The van der Waals surface area contributed by atoms with Gasteiger partial charge < -0.3 is 9.64 Å². The predicted molar refractivity (Wildman–Crippen MR) is 115 cm³/mol. The summed E-state index contributed by atoms with van der Waals surface area (Å²) < 4.78 is 5.02. The zero-order chi connectivity index (χ0) is 20.9. The van der Waals surface area contributed by atoms with Gasteiger partial charge in [0.05, 0.1) is 18.6 Å². The predicted octanol–water partition coefficient (Wildman–Crippen LogP) is 3.24. The molecule has 156 valence electrons. The molecular weight excluding hydrogens is 376 g/mol. The molecule has 5 rings (SSSR count). The lowest BCUT2D eigenvalue weighted by Gasteiger charge is -2.45. The number of hydrogen-bond acceptors (Lipinski definition) is 4. The zero-order valence-corrected chi connectivity index (χ0v) is 17.7. The van der Waals surface area contributed by atoms with E-state index in [2.05, 4.69) is 47.4 Å². The summed E-state index contributed by atoms with van der Waals surface area (Å²) in [4.78, 5) is 29.0. The highest BCUT2D eigenvalue weighted by Crippen LogP contribution is 2.43. The molecule has 2 aromatic carbocycles. The number of hydrogen-bond donors (Lipinski definition) is 0. The van der Waals surface area contributed by atoms with Crippen molar-refractivity contribution in [1.29, 1.82) is 0 Å². The first kappa shape index (κ1) is 19.3. The number of esters is 1. The van der Waals surface area contributed by atoms with Gasteiger partial charge in [0.1, 0.15) is 0 Å². The van der Waals surface area contributed by atoms with Gasteiger partial charge in [-0.1, -0.05) is 42.5 Å². The second-order valence-corrected chi connectivity index (χ2v) is 8.94. The van der Waals surface area contributed by atoms with Crippen LogP contribution in [0.25, 0.3) is 11.1 Å². The molecule has 30 heavy (non-hydrogen) atoms. The molecule has 5 heteroatoms. The lowest BCUT2D eigenvalue weighted by Crippen LogP contribution is -2.56. The zero-order valence-electron chi connectivity index (χ0n) is 17.7. The van der Waals surface area contributed by atoms with Crippen molar-refractivity contribution in [3.63, 3.8) is 0 Å². The number of nitrogens with zero attached hydrogens (tertiary/aromatic N) is 2. The lowest BCUT2D eigenvalue weighted by molar-refractivity contribution is -0.149. The molecule has 2 aromatic rings. The van der Waals surface area contributed by atoms with Crippen LogP contribution in [0.4, 0.5) is 0 Å². The quantitative estimate of drug-likeness (QED) is 0.629. The van der Waals surface area contributed by atoms with Crippen molar-refractivity contribution >= 4 is 11.9 Å². The Hall–Kier alpha value is -2.66. The molecular formula is C25H28N2O3. The van der Waals surface area contributed by atoms with Crippen molar-refractivity contribution in [2.75, 3.05) is 27.2 Å². The SMILES string of the molecule is COC(=O)C1CC(=O)N(C)C12CCN(Cc1ccc3c(c1)Cc1ccccc1-3)CC2. The number of carbonyl (C=O) groups is 2. The molecule has 0 N–H and O–H groups in total. The number of carbonyl (C=O) groups excluding carboxylic acids is 2. The van der Waals surface area contributed by atoms with Gasteiger partial charge in [-0.2, -0.15) is 0 Å². The summed E-state index contributed by atoms with van der Waals surface area (Å²) in [5.74, 6) is -0.544. The number of ether oxygens (including phenoxy) is 1. The van der Waals surface area contributed by atoms with Crippen molar-refractivity contribution in [1.82, 2.24) is 9.80 Å². The van der Waals surface area contributed by atoms with Crippen LogP contribution in [-0.2, 0) is 27.3 Å². The Balaban J connectivity index is 1.29. The van der Waals surface area contributed by atoms with Crippen LogP contribution in [-0.4, -0.2) is 54.5 Å². The monoisotopic (exact) mass is 404 g/mol. The van der Waals surface area contributed by atoms with E-state index >= 15 is 0 Å². The molecule has 2 heterocycles. The van der Waals surface area contributed by atoms with Crippen molar-refractivity contribution in [3.8, 4) is 11.1 Å². The van der Waals surface area contributed by atoms with Crippen LogP contribution < -0.4 is 0 Å². The third-order valence-corrected chi connectivity index (χ3v) is 7.54. The van der Waals surface area contributed by atoms with Gasteiger partial charge >= 0.3 is 5.97 Å². The number of fused-ring (bicyclic) bond motifs is 3. The van der Waals surface area contributed by atoms with E-state index in [1.165, 1.54) is 34.9 Å². The molecule has 1 spiro atoms. The number of likely N-dealkylation sites (tertiary alicyclic amines) is 2. The highest BCUT2D eigenvalue weighted by atomic mass is 16.5. The normalized spacial score (nSPS) is 22.3. The van der Waals surface area contributed by atoms with Crippen LogP contribution in [0, 0.1) is 5.92 Å². The van der Waals surface area contributed by atoms with Crippen molar-refractivity contribution in [2.24, 2.45) is 5.92 Å². The van der Waals surface area contributed by atoms with E-state index in [1.54, 1.807) is 0 Å². The first-order valence-corrected chi connectivity index (χ1v) is 10.8. The van der Waals surface area contributed by atoms with Gasteiger partial charge in [0, 0.05) is 33.1 Å².